The van der Waals surface area contributed by atoms with Crippen molar-refractivity contribution in [2.75, 3.05) is 31.1 Å². The van der Waals surface area contributed by atoms with Gasteiger partial charge in [-0.05, 0) is 18.6 Å². The van der Waals surface area contributed by atoms with Crippen molar-refractivity contribution in [1.29, 1.82) is 0 Å². The lowest BCUT2D eigenvalue weighted by Gasteiger charge is -2.42. The normalized spacial score (nSPS) is 29.0. The number of carbonyl (C=O) groups is 4. The molecule has 0 bridgehead atoms. The Morgan fingerprint density at radius 2 is 1.97 bits per heavy atom. The van der Waals surface area contributed by atoms with Crippen LogP contribution < -0.4 is 10.2 Å². The predicted molar refractivity (Wildman–Crippen MR) is 101 cm³/mol. The molecule has 4 aliphatic heterocycles. The van der Waals surface area contributed by atoms with Gasteiger partial charge in [-0.3, -0.25) is 24.6 Å². The van der Waals surface area contributed by atoms with Gasteiger partial charge >= 0.3 is 6.03 Å². The van der Waals surface area contributed by atoms with Gasteiger partial charge in [0.2, 0.25) is 11.8 Å². The molecule has 4 heterocycles. The van der Waals surface area contributed by atoms with E-state index in [1.54, 1.807) is 34.1 Å². The second-order valence-electron chi connectivity index (χ2n) is 7.83. The number of nitrogens with zero attached hydrogens (tertiary/aromatic N) is 3. The van der Waals surface area contributed by atoms with E-state index in [1.807, 2.05) is 0 Å². The predicted octanol–water partition coefficient (Wildman–Crippen LogP) is 0.696. The molecular weight excluding hydrogens is 376 g/mol. The second-order valence-corrected chi connectivity index (χ2v) is 7.83. The number of likely N-dealkylation sites (tertiary alicyclic amines) is 1. The molecule has 1 spiro atoms. The number of para-hydroxylation sites is 1. The molecule has 5 rings (SSSR count). The van der Waals surface area contributed by atoms with Crippen molar-refractivity contribution in [3.8, 4) is 0 Å². The summed E-state index contributed by atoms with van der Waals surface area (Å²) in [6.45, 7) is 1.96. The average Bonchev–Trinajstić information content (AvgIpc) is 3.20. The number of imide groups is 1. The average molecular weight is 398 g/mol. The van der Waals surface area contributed by atoms with Crippen LogP contribution in [0.25, 0.3) is 0 Å². The molecule has 9 heteroatoms. The third-order valence-corrected chi connectivity index (χ3v) is 6.35. The van der Waals surface area contributed by atoms with Crippen LogP contribution in [0.4, 0.5) is 10.5 Å². The zero-order valence-corrected chi connectivity index (χ0v) is 15.9. The first-order valence-corrected chi connectivity index (χ1v) is 9.97. The molecule has 0 radical (unpaired) electrons. The molecular formula is C20H22N4O5. The molecule has 0 aliphatic carbocycles. The number of hydrogen-bond donors (Lipinski definition) is 1. The maximum Gasteiger partial charge on any atom is 0.328 e. The summed E-state index contributed by atoms with van der Waals surface area (Å²) in [6, 6.07) is 6.04. The molecule has 1 aromatic carbocycles. The largest absolute Gasteiger partial charge is 0.353 e. The molecule has 1 N–H and O–H groups in total. The number of amides is 5. The molecule has 5 amide bonds. The molecule has 29 heavy (non-hydrogen) atoms. The van der Waals surface area contributed by atoms with E-state index in [0.29, 0.717) is 37.4 Å². The van der Waals surface area contributed by atoms with E-state index in [0.717, 1.165) is 6.42 Å². The van der Waals surface area contributed by atoms with Gasteiger partial charge in [-0.15, -0.1) is 0 Å². The minimum Gasteiger partial charge on any atom is -0.353 e. The van der Waals surface area contributed by atoms with Crippen LogP contribution in [-0.2, 0) is 14.3 Å². The molecule has 9 nitrogen and oxygen atoms in total. The Balaban J connectivity index is 1.46. The van der Waals surface area contributed by atoms with E-state index < -0.39 is 11.8 Å². The van der Waals surface area contributed by atoms with Gasteiger partial charge in [0, 0.05) is 32.5 Å². The van der Waals surface area contributed by atoms with Crippen molar-refractivity contribution in [3.05, 3.63) is 29.8 Å². The minimum atomic E-state index is -0.713. The van der Waals surface area contributed by atoms with Gasteiger partial charge in [0.05, 0.1) is 30.3 Å². The van der Waals surface area contributed by atoms with E-state index in [2.05, 4.69) is 5.32 Å². The summed E-state index contributed by atoms with van der Waals surface area (Å²) in [5.74, 6) is -0.527. The maximum atomic E-state index is 13.5. The van der Waals surface area contributed by atoms with Gasteiger partial charge in [0.15, 0.2) is 5.72 Å². The minimum absolute atomic E-state index is 0.0226. The first-order valence-electron chi connectivity index (χ1n) is 9.97. The maximum absolute atomic E-state index is 13.5. The molecule has 0 unspecified atom stereocenters. The Morgan fingerprint density at radius 1 is 1.14 bits per heavy atom. The van der Waals surface area contributed by atoms with Crippen molar-refractivity contribution in [2.24, 2.45) is 0 Å². The number of nitrogens with one attached hydrogen (secondary N) is 1. The fourth-order valence-corrected chi connectivity index (χ4v) is 5.03. The number of anilines is 1. The van der Waals surface area contributed by atoms with Crippen LogP contribution in [0.15, 0.2) is 24.3 Å². The Hall–Kier alpha value is -2.94. The Bertz CT molecular complexity index is 918. The quantitative estimate of drug-likeness (QED) is 0.791. The number of benzene rings is 1. The van der Waals surface area contributed by atoms with Crippen LogP contribution in [0.5, 0.6) is 0 Å². The van der Waals surface area contributed by atoms with E-state index >= 15 is 0 Å². The van der Waals surface area contributed by atoms with Gasteiger partial charge < -0.3 is 14.5 Å². The van der Waals surface area contributed by atoms with Gasteiger partial charge in [0.25, 0.3) is 5.91 Å². The lowest BCUT2D eigenvalue weighted by Crippen LogP contribution is -2.56. The lowest BCUT2D eigenvalue weighted by atomic mass is 10.0. The first kappa shape index (κ1) is 18.1. The summed E-state index contributed by atoms with van der Waals surface area (Å²) >= 11 is 0. The zero-order valence-electron chi connectivity index (χ0n) is 15.9. The molecule has 1 aromatic rings. The molecule has 152 valence electrons. The fraction of sp³-hybridized carbons (Fsp3) is 0.500. The number of urea groups is 1. The summed E-state index contributed by atoms with van der Waals surface area (Å²) in [7, 11) is 0. The highest BCUT2D eigenvalue weighted by Crippen LogP contribution is 2.45. The van der Waals surface area contributed by atoms with Crippen molar-refractivity contribution in [2.45, 2.75) is 37.5 Å². The van der Waals surface area contributed by atoms with E-state index in [1.165, 1.54) is 4.90 Å². The summed E-state index contributed by atoms with van der Waals surface area (Å²) in [4.78, 5) is 54.8. The monoisotopic (exact) mass is 398 g/mol. The van der Waals surface area contributed by atoms with Gasteiger partial charge in [-0.25, -0.2) is 4.79 Å². The van der Waals surface area contributed by atoms with Crippen LogP contribution in [0, 0.1) is 0 Å². The smallest absolute Gasteiger partial charge is 0.328 e. The Labute approximate surface area is 167 Å². The lowest BCUT2D eigenvalue weighted by molar-refractivity contribution is -0.179. The van der Waals surface area contributed by atoms with Crippen molar-refractivity contribution < 1.29 is 23.9 Å². The van der Waals surface area contributed by atoms with Crippen LogP contribution >= 0.6 is 0 Å². The Morgan fingerprint density at radius 3 is 2.79 bits per heavy atom. The molecule has 2 atom stereocenters. The SMILES string of the molecule is O=C1CCN(c2ccccc2C(=O)N2CC[C@@]34OCCCN3C(=O)C[C@@H]24)C(=O)N1. The molecule has 0 aromatic heterocycles. The van der Waals surface area contributed by atoms with Crippen molar-refractivity contribution in [3.63, 3.8) is 0 Å². The van der Waals surface area contributed by atoms with E-state index in [4.69, 9.17) is 4.74 Å². The van der Waals surface area contributed by atoms with Gasteiger partial charge in [-0.1, -0.05) is 12.1 Å². The standard InChI is InChI=1S/C20H22N4O5/c25-16-6-9-22(19(28)21-16)14-5-2-1-4-13(14)18(27)23-10-7-20-15(23)12-17(26)24(20)8-3-11-29-20/h1-2,4-5,15H,3,6-12H2,(H,21,25,28)/t15-,20+/m1/s1. The summed E-state index contributed by atoms with van der Waals surface area (Å²) in [6.07, 6.45) is 1.84. The van der Waals surface area contributed by atoms with Gasteiger partial charge in [-0.2, -0.15) is 0 Å². The third kappa shape index (κ3) is 2.64. The van der Waals surface area contributed by atoms with Gasteiger partial charge in [0.1, 0.15) is 0 Å². The van der Waals surface area contributed by atoms with E-state index in [9.17, 15) is 19.2 Å². The third-order valence-electron chi connectivity index (χ3n) is 6.35. The zero-order chi connectivity index (χ0) is 20.2. The number of carbonyl (C=O) groups excluding carboxylic acids is 4. The fourth-order valence-electron chi connectivity index (χ4n) is 5.03. The number of hydrogen-bond acceptors (Lipinski definition) is 5. The number of ether oxygens (including phenoxy) is 1. The van der Waals surface area contributed by atoms with Crippen LogP contribution in [-0.4, -0.2) is 71.6 Å². The highest BCUT2D eigenvalue weighted by molar-refractivity contribution is 6.10. The summed E-state index contributed by atoms with van der Waals surface area (Å²) in [5, 5.41) is 2.29. The Kier molecular flexibility index (Phi) is 4.09. The molecule has 4 saturated heterocycles. The van der Waals surface area contributed by atoms with Crippen LogP contribution in [0.1, 0.15) is 36.0 Å². The van der Waals surface area contributed by atoms with Crippen LogP contribution in [0.2, 0.25) is 0 Å². The second kappa shape index (κ2) is 6.55. The van der Waals surface area contributed by atoms with Crippen LogP contribution in [0.3, 0.4) is 0 Å². The molecule has 4 fully saturated rings. The molecule has 4 aliphatic rings. The van der Waals surface area contributed by atoms with Crippen molar-refractivity contribution in [1.82, 2.24) is 15.1 Å². The highest BCUT2D eigenvalue weighted by Gasteiger charge is 2.61. The summed E-state index contributed by atoms with van der Waals surface area (Å²) in [5.41, 5.74) is 0.138. The summed E-state index contributed by atoms with van der Waals surface area (Å²) < 4.78 is 6.07. The van der Waals surface area contributed by atoms with Crippen molar-refractivity contribution >= 4 is 29.4 Å². The van der Waals surface area contributed by atoms with E-state index in [-0.39, 0.29) is 43.1 Å². The topological polar surface area (TPSA) is 99.3 Å². The highest BCUT2D eigenvalue weighted by atomic mass is 16.5. The first-order chi connectivity index (χ1) is 14.0. The molecule has 0 saturated carbocycles. The number of rotatable bonds is 2.